The highest BCUT2D eigenvalue weighted by Crippen LogP contribution is 2.31. The van der Waals surface area contributed by atoms with E-state index < -0.39 is 11.2 Å². The third-order valence-electron chi connectivity index (χ3n) is 1.73. The van der Waals surface area contributed by atoms with Crippen molar-refractivity contribution in [3.63, 3.8) is 0 Å². The molecule has 0 radical (unpaired) electrons. The summed E-state index contributed by atoms with van der Waals surface area (Å²) >= 11 is 1.07. The van der Waals surface area contributed by atoms with Crippen LogP contribution < -0.4 is 0 Å². The van der Waals surface area contributed by atoms with Crippen LogP contribution in [0, 0.1) is 0 Å². The van der Waals surface area contributed by atoms with Gasteiger partial charge >= 0.3 is 5.97 Å². The molecule has 82 valence electrons. The van der Waals surface area contributed by atoms with Gasteiger partial charge in [0.15, 0.2) is 0 Å². The monoisotopic (exact) mass is 228 g/mol. The van der Waals surface area contributed by atoms with E-state index in [0.29, 0.717) is 4.90 Å². The summed E-state index contributed by atoms with van der Waals surface area (Å²) in [4.78, 5) is 11.4. The Morgan fingerprint density at radius 1 is 1.53 bits per heavy atom. The quantitative estimate of drug-likeness (QED) is 0.749. The number of thioether (sulfide) groups is 1. The van der Waals surface area contributed by atoms with Gasteiger partial charge in [0.05, 0.1) is 11.5 Å². The molecular formula is C10H12O4S. The average Bonchev–Trinajstić information content (AvgIpc) is 2.20. The van der Waals surface area contributed by atoms with Crippen LogP contribution in [0.5, 0.6) is 5.75 Å². The number of carboxylic acid groups (broad SMARTS) is 1. The molecule has 0 aliphatic carbocycles. The molecule has 0 spiro atoms. The molecule has 2 N–H and O–H groups in total. The highest BCUT2D eigenvalue weighted by atomic mass is 32.2. The van der Waals surface area contributed by atoms with E-state index in [2.05, 4.69) is 0 Å². The second kappa shape index (κ2) is 5.63. The number of hydrogen-bond acceptors (Lipinski definition) is 4. The first kappa shape index (κ1) is 11.9. The molecule has 0 aliphatic heterocycles. The standard InChI is InChI=1S/C10H12O4S/c1-14-6-9(10(12)13)15-8-5-3-2-4-7(8)11/h2-5,9,11H,6H2,1H3,(H,12,13). The first-order chi connectivity index (χ1) is 7.15. The molecule has 1 aromatic rings. The molecule has 1 unspecified atom stereocenters. The van der Waals surface area contributed by atoms with E-state index in [1.165, 1.54) is 13.2 Å². The molecule has 0 fully saturated rings. The summed E-state index contributed by atoms with van der Waals surface area (Å²) in [6, 6.07) is 6.62. The van der Waals surface area contributed by atoms with Gasteiger partial charge in [-0.3, -0.25) is 4.79 Å². The fourth-order valence-corrected chi connectivity index (χ4v) is 1.97. The summed E-state index contributed by atoms with van der Waals surface area (Å²) in [5.74, 6) is -0.866. The van der Waals surface area contributed by atoms with Gasteiger partial charge in [-0.15, -0.1) is 11.8 Å². The number of carboxylic acids is 1. The van der Waals surface area contributed by atoms with Crippen molar-refractivity contribution in [2.45, 2.75) is 10.1 Å². The Bertz CT molecular complexity index is 340. The van der Waals surface area contributed by atoms with Crippen molar-refractivity contribution in [1.29, 1.82) is 0 Å². The molecule has 1 rings (SSSR count). The van der Waals surface area contributed by atoms with Crippen LogP contribution >= 0.6 is 11.8 Å². The molecule has 1 aromatic carbocycles. The van der Waals surface area contributed by atoms with Crippen LogP contribution in [0.4, 0.5) is 0 Å². The minimum Gasteiger partial charge on any atom is -0.507 e. The van der Waals surface area contributed by atoms with Crippen molar-refractivity contribution in [2.24, 2.45) is 0 Å². The van der Waals surface area contributed by atoms with Gasteiger partial charge in [-0.2, -0.15) is 0 Å². The predicted molar refractivity (Wildman–Crippen MR) is 57.3 cm³/mol. The average molecular weight is 228 g/mol. The largest absolute Gasteiger partial charge is 0.507 e. The Labute approximate surface area is 91.9 Å². The van der Waals surface area contributed by atoms with Gasteiger partial charge in [0, 0.05) is 7.11 Å². The van der Waals surface area contributed by atoms with E-state index in [1.54, 1.807) is 18.2 Å². The second-order valence-electron chi connectivity index (χ2n) is 2.87. The molecular weight excluding hydrogens is 216 g/mol. The van der Waals surface area contributed by atoms with Crippen LogP contribution in [0.25, 0.3) is 0 Å². The number of phenols is 1. The van der Waals surface area contributed by atoms with Gasteiger partial charge < -0.3 is 14.9 Å². The number of para-hydroxylation sites is 1. The number of rotatable bonds is 5. The Balaban J connectivity index is 2.74. The van der Waals surface area contributed by atoms with Gasteiger partial charge in [-0.1, -0.05) is 12.1 Å². The number of aromatic hydroxyl groups is 1. The predicted octanol–water partition coefficient (Wildman–Crippen LogP) is 1.58. The van der Waals surface area contributed by atoms with E-state index in [9.17, 15) is 9.90 Å². The molecule has 0 aliphatic rings. The normalized spacial score (nSPS) is 12.3. The lowest BCUT2D eigenvalue weighted by Crippen LogP contribution is -2.21. The van der Waals surface area contributed by atoms with Crippen LogP contribution in [0.15, 0.2) is 29.2 Å². The van der Waals surface area contributed by atoms with Gasteiger partial charge in [0.2, 0.25) is 0 Å². The highest BCUT2D eigenvalue weighted by molar-refractivity contribution is 8.00. The maximum absolute atomic E-state index is 10.8. The number of benzene rings is 1. The van der Waals surface area contributed by atoms with Crippen LogP contribution in [0.3, 0.4) is 0 Å². The number of methoxy groups -OCH3 is 1. The third kappa shape index (κ3) is 3.45. The number of carbonyl (C=O) groups is 1. The van der Waals surface area contributed by atoms with Crippen LogP contribution in [-0.2, 0) is 9.53 Å². The number of phenolic OH excluding ortho intramolecular Hbond substituents is 1. The minimum atomic E-state index is -0.954. The molecule has 1 atom stereocenters. The fraction of sp³-hybridized carbons (Fsp3) is 0.300. The van der Waals surface area contributed by atoms with Crippen molar-refractivity contribution in [3.05, 3.63) is 24.3 Å². The Kier molecular flexibility index (Phi) is 4.45. The van der Waals surface area contributed by atoms with Crippen LogP contribution in [0.1, 0.15) is 0 Å². The second-order valence-corrected chi connectivity index (χ2v) is 4.11. The molecule has 4 nitrogen and oxygen atoms in total. The summed E-state index contributed by atoms with van der Waals surface area (Å²) in [5, 5.41) is 17.6. The molecule has 5 heteroatoms. The van der Waals surface area contributed by atoms with E-state index in [4.69, 9.17) is 9.84 Å². The molecule has 15 heavy (non-hydrogen) atoms. The molecule has 0 amide bonds. The highest BCUT2D eigenvalue weighted by Gasteiger charge is 2.19. The molecule has 0 bridgehead atoms. The number of ether oxygens (including phenoxy) is 1. The Morgan fingerprint density at radius 3 is 2.73 bits per heavy atom. The number of aliphatic carboxylic acids is 1. The van der Waals surface area contributed by atoms with Crippen LogP contribution in [0.2, 0.25) is 0 Å². The van der Waals surface area contributed by atoms with E-state index in [-0.39, 0.29) is 12.4 Å². The topological polar surface area (TPSA) is 66.8 Å². The molecule has 0 saturated heterocycles. The smallest absolute Gasteiger partial charge is 0.319 e. The van der Waals surface area contributed by atoms with E-state index >= 15 is 0 Å². The van der Waals surface area contributed by atoms with Gasteiger partial charge in [-0.25, -0.2) is 0 Å². The van der Waals surface area contributed by atoms with Crippen molar-refractivity contribution in [1.82, 2.24) is 0 Å². The lowest BCUT2D eigenvalue weighted by atomic mass is 10.3. The lowest BCUT2D eigenvalue weighted by molar-refractivity contribution is -0.137. The summed E-state index contributed by atoms with van der Waals surface area (Å²) in [6.45, 7) is 0.105. The van der Waals surface area contributed by atoms with Crippen molar-refractivity contribution < 1.29 is 19.7 Å². The van der Waals surface area contributed by atoms with Gasteiger partial charge in [0.25, 0.3) is 0 Å². The van der Waals surface area contributed by atoms with Crippen molar-refractivity contribution in [2.75, 3.05) is 13.7 Å². The van der Waals surface area contributed by atoms with Crippen molar-refractivity contribution >= 4 is 17.7 Å². The third-order valence-corrected chi connectivity index (χ3v) is 2.95. The SMILES string of the molecule is COCC(Sc1ccccc1O)C(=O)O. The Morgan fingerprint density at radius 2 is 2.20 bits per heavy atom. The zero-order valence-corrected chi connectivity index (χ0v) is 9.03. The summed E-state index contributed by atoms with van der Waals surface area (Å²) in [7, 11) is 1.45. The summed E-state index contributed by atoms with van der Waals surface area (Å²) in [6.07, 6.45) is 0. The summed E-state index contributed by atoms with van der Waals surface area (Å²) in [5.41, 5.74) is 0. The van der Waals surface area contributed by atoms with E-state index in [1.807, 2.05) is 0 Å². The van der Waals surface area contributed by atoms with Crippen molar-refractivity contribution in [3.8, 4) is 5.75 Å². The zero-order valence-electron chi connectivity index (χ0n) is 8.21. The van der Waals surface area contributed by atoms with Gasteiger partial charge in [0.1, 0.15) is 11.0 Å². The van der Waals surface area contributed by atoms with E-state index in [0.717, 1.165) is 11.8 Å². The molecule has 0 saturated carbocycles. The summed E-state index contributed by atoms with van der Waals surface area (Å²) < 4.78 is 4.79. The maximum atomic E-state index is 10.8. The minimum absolute atomic E-state index is 0.0878. The van der Waals surface area contributed by atoms with Crippen LogP contribution in [-0.4, -0.2) is 35.1 Å². The number of hydrogen-bond donors (Lipinski definition) is 2. The zero-order chi connectivity index (χ0) is 11.3. The lowest BCUT2D eigenvalue weighted by Gasteiger charge is -2.11. The first-order valence-corrected chi connectivity index (χ1v) is 5.19. The first-order valence-electron chi connectivity index (χ1n) is 4.31. The molecule has 0 aromatic heterocycles. The molecule has 0 heterocycles. The maximum Gasteiger partial charge on any atom is 0.319 e. The fourth-order valence-electron chi connectivity index (χ4n) is 1.02. The van der Waals surface area contributed by atoms with Gasteiger partial charge in [-0.05, 0) is 12.1 Å². The Hall–Kier alpha value is -1.20.